The molecule has 0 fully saturated rings. The van der Waals surface area contributed by atoms with Crippen LogP contribution in [0.5, 0.6) is 0 Å². The number of nitrogens with zero attached hydrogens (tertiary/aromatic N) is 2. The Labute approximate surface area is 116 Å². The Morgan fingerprint density at radius 2 is 2.15 bits per heavy atom. The van der Waals surface area contributed by atoms with Gasteiger partial charge in [0.25, 0.3) is 5.69 Å². The lowest BCUT2D eigenvalue weighted by Crippen LogP contribution is -2.24. The number of benzene rings is 1. The maximum Gasteiger partial charge on any atom is 0.405 e. The summed E-state index contributed by atoms with van der Waals surface area (Å²) >= 11 is 5.83. The molecule has 0 spiro atoms. The van der Waals surface area contributed by atoms with Gasteiger partial charge in [-0.3, -0.25) is 15.1 Å². The smallest absolute Gasteiger partial charge is 0.383 e. The number of nitro groups is 1. The third-order valence-corrected chi connectivity index (χ3v) is 2.61. The van der Waals surface area contributed by atoms with Crippen LogP contribution < -0.4 is 11.1 Å². The van der Waals surface area contributed by atoms with Crippen LogP contribution in [-0.2, 0) is 0 Å². The molecule has 0 aliphatic rings. The monoisotopic (exact) mass is 310 g/mol. The quantitative estimate of drug-likeness (QED) is 0.387. The molecule has 110 valence electrons. The Balaban J connectivity index is 3.41. The van der Waals surface area contributed by atoms with E-state index in [1.807, 2.05) is 5.32 Å². The molecule has 0 atom stereocenters. The molecule has 0 unspecified atom stereocenters. The standard InChI is InChI=1S/C10H10ClF3N4O2/c1-16-9(15)7-5(11)2-3-6(18(19)20)8(7)17-4-10(12,13)14/h2-3,17H,4H2,1H3,(H2,15,16). The molecule has 0 bridgehead atoms. The average Bonchev–Trinajstić information content (AvgIpc) is 2.34. The second-order valence-electron chi connectivity index (χ2n) is 3.65. The second-order valence-corrected chi connectivity index (χ2v) is 4.06. The van der Waals surface area contributed by atoms with E-state index in [-0.39, 0.29) is 16.4 Å². The normalized spacial score (nSPS) is 12.3. The first kappa shape index (κ1) is 16.0. The number of hydrogen-bond acceptors (Lipinski definition) is 4. The third kappa shape index (κ3) is 3.73. The summed E-state index contributed by atoms with van der Waals surface area (Å²) in [6.45, 7) is -1.46. The maximum atomic E-state index is 12.3. The summed E-state index contributed by atoms with van der Waals surface area (Å²) in [5.41, 5.74) is 4.41. The minimum atomic E-state index is -4.55. The number of anilines is 1. The molecule has 20 heavy (non-hydrogen) atoms. The van der Waals surface area contributed by atoms with Crippen LogP contribution in [-0.4, -0.2) is 30.5 Å². The zero-order valence-electron chi connectivity index (χ0n) is 10.2. The minimum Gasteiger partial charge on any atom is -0.383 e. The highest BCUT2D eigenvalue weighted by Crippen LogP contribution is 2.34. The van der Waals surface area contributed by atoms with Crippen LogP contribution in [0, 0.1) is 10.1 Å². The highest BCUT2D eigenvalue weighted by atomic mass is 35.5. The molecule has 1 rings (SSSR count). The number of nitrogens with one attached hydrogen (secondary N) is 1. The molecule has 3 N–H and O–H groups in total. The highest BCUT2D eigenvalue weighted by Gasteiger charge is 2.30. The Hall–Kier alpha value is -2.03. The molecule has 6 nitrogen and oxygen atoms in total. The van der Waals surface area contributed by atoms with Gasteiger partial charge in [-0.25, -0.2) is 0 Å². The van der Waals surface area contributed by atoms with E-state index in [2.05, 4.69) is 4.99 Å². The van der Waals surface area contributed by atoms with Crippen molar-refractivity contribution >= 4 is 28.8 Å². The topological polar surface area (TPSA) is 93.5 Å². The van der Waals surface area contributed by atoms with Crippen LogP contribution in [0.15, 0.2) is 17.1 Å². The highest BCUT2D eigenvalue weighted by molar-refractivity contribution is 6.35. The average molecular weight is 311 g/mol. The number of nitrogens with two attached hydrogens (primary N) is 1. The summed E-state index contributed by atoms with van der Waals surface area (Å²) in [6.07, 6.45) is -4.55. The van der Waals surface area contributed by atoms with Crippen LogP contribution in [0.1, 0.15) is 5.56 Å². The van der Waals surface area contributed by atoms with Crippen molar-refractivity contribution in [2.24, 2.45) is 10.7 Å². The van der Waals surface area contributed by atoms with Gasteiger partial charge in [-0.15, -0.1) is 0 Å². The summed E-state index contributed by atoms with van der Waals surface area (Å²) in [5.74, 6) is -0.205. The van der Waals surface area contributed by atoms with Crippen molar-refractivity contribution in [3.63, 3.8) is 0 Å². The van der Waals surface area contributed by atoms with E-state index in [9.17, 15) is 23.3 Å². The van der Waals surface area contributed by atoms with Gasteiger partial charge in [-0.1, -0.05) is 11.6 Å². The Bertz CT molecular complexity index is 560. The molecule has 0 heterocycles. The molecule has 0 radical (unpaired) electrons. The van der Waals surface area contributed by atoms with Crippen LogP contribution in [0.2, 0.25) is 5.02 Å². The zero-order chi connectivity index (χ0) is 15.5. The van der Waals surface area contributed by atoms with Gasteiger partial charge in [0, 0.05) is 13.1 Å². The molecule has 10 heteroatoms. The zero-order valence-corrected chi connectivity index (χ0v) is 10.9. The minimum absolute atomic E-state index is 0.0385. The number of hydrogen-bond donors (Lipinski definition) is 2. The van der Waals surface area contributed by atoms with Gasteiger partial charge in [0.05, 0.1) is 15.5 Å². The molecule has 0 aliphatic heterocycles. The van der Waals surface area contributed by atoms with Crippen molar-refractivity contribution in [2.45, 2.75) is 6.18 Å². The van der Waals surface area contributed by atoms with E-state index in [0.29, 0.717) is 0 Å². The molecule has 1 aromatic carbocycles. The lowest BCUT2D eigenvalue weighted by molar-refractivity contribution is -0.384. The first-order valence-corrected chi connectivity index (χ1v) is 5.55. The fraction of sp³-hybridized carbons (Fsp3) is 0.300. The predicted octanol–water partition coefficient (Wildman–Crippen LogP) is 2.56. The Morgan fingerprint density at radius 3 is 2.60 bits per heavy atom. The van der Waals surface area contributed by atoms with Crippen LogP contribution in [0.25, 0.3) is 0 Å². The molecular formula is C10H10ClF3N4O2. The number of aliphatic imine (C=N–C) groups is 1. The van der Waals surface area contributed by atoms with Gasteiger partial charge in [0.15, 0.2) is 0 Å². The van der Waals surface area contributed by atoms with E-state index >= 15 is 0 Å². The third-order valence-electron chi connectivity index (χ3n) is 2.29. The van der Waals surface area contributed by atoms with Crippen LogP contribution in [0.4, 0.5) is 24.5 Å². The van der Waals surface area contributed by atoms with Crippen LogP contribution in [0.3, 0.4) is 0 Å². The van der Waals surface area contributed by atoms with Crippen molar-refractivity contribution in [1.29, 1.82) is 0 Å². The molecular weight excluding hydrogens is 301 g/mol. The molecule has 0 saturated carbocycles. The Morgan fingerprint density at radius 1 is 1.55 bits per heavy atom. The number of halogens is 4. The van der Waals surface area contributed by atoms with Gasteiger partial charge in [-0.2, -0.15) is 13.2 Å². The van der Waals surface area contributed by atoms with Gasteiger partial charge < -0.3 is 11.1 Å². The first-order chi connectivity index (χ1) is 9.17. The first-order valence-electron chi connectivity index (χ1n) is 5.17. The van der Waals surface area contributed by atoms with E-state index in [4.69, 9.17) is 17.3 Å². The molecule has 0 aromatic heterocycles. The van der Waals surface area contributed by atoms with Crippen molar-refractivity contribution < 1.29 is 18.1 Å². The molecule has 0 aliphatic carbocycles. The molecule has 1 aromatic rings. The number of nitro benzene ring substituents is 1. The number of alkyl halides is 3. The lowest BCUT2D eigenvalue weighted by atomic mass is 10.1. The summed E-state index contributed by atoms with van der Waals surface area (Å²) in [7, 11) is 1.29. The van der Waals surface area contributed by atoms with Gasteiger partial charge in [-0.05, 0) is 6.07 Å². The predicted molar refractivity (Wildman–Crippen MR) is 69.3 cm³/mol. The van der Waals surface area contributed by atoms with Crippen LogP contribution >= 0.6 is 11.6 Å². The summed E-state index contributed by atoms with van der Waals surface area (Å²) in [5, 5.41) is 12.8. The van der Waals surface area contributed by atoms with Gasteiger partial charge in [0.2, 0.25) is 0 Å². The van der Waals surface area contributed by atoms with E-state index in [1.165, 1.54) is 13.1 Å². The summed E-state index contributed by atoms with van der Waals surface area (Å²) in [4.78, 5) is 13.6. The van der Waals surface area contributed by atoms with Gasteiger partial charge >= 0.3 is 6.18 Å². The number of rotatable bonds is 4. The van der Waals surface area contributed by atoms with Crippen molar-refractivity contribution in [2.75, 3.05) is 18.9 Å². The van der Waals surface area contributed by atoms with E-state index < -0.39 is 29.0 Å². The maximum absolute atomic E-state index is 12.3. The summed E-state index contributed by atoms with van der Waals surface area (Å²) in [6, 6.07) is 2.17. The summed E-state index contributed by atoms with van der Waals surface area (Å²) < 4.78 is 36.8. The molecule has 0 saturated heterocycles. The second kappa shape index (κ2) is 5.95. The fourth-order valence-electron chi connectivity index (χ4n) is 1.45. The molecule has 0 amide bonds. The SMILES string of the molecule is CN=C(N)c1c(Cl)ccc([N+](=O)[O-])c1NCC(F)(F)F. The van der Waals surface area contributed by atoms with E-state index in [0.717, 1.165) is 6.07 Å². The Kier molecular flexibility index (Phi) is 4.77. The fourth-order valence-corrected chi connectivity index (χ4v) is 1.70. The van der Waals surface area contributed by atoms with Crippen molar-refractivity contribution in [3.8, 4) is 0 Å². The van der Waals surface area contributed by atoms with Gasteiger partial charge in [0.1, 0.15) is 18.1 Å². The van der Waals surface area contributed by atoms with E-state index in [1.54, 1.807) is 0 Å². The largest absolute Gasteiger partial charge is 0.405 e. The lowest BCUT2D eigenvalue weighted by Gasteiger charge is -2.14. The van der Waals surface area contributed by atoms with Crippen molar-refractivity contribution in [3.05, 3.63) is 32.8 Å². The van der Waals surface area contributed by atoms with Crippen molar-refractivity contribution in [1.82, 2.24) is 0 Å². The number of amidine groups is 1.